The van der Waals surface area contributed by atoms with Gasteiger partial charge in [0.05, 0.1) is 6.67 Å². The molecule has 0 aliphatic rings. The standard InChI is InChI=1S/C5H10FI/c1-2-5(7)3-4-6/h5H,2-4H2,1H3. The molecule has 0 N–H and O–H groups in total. The van der Waals surface area contributed by atoms with E-state index in [0.29, 0.717) is 3.92 Å². The summed E-state index contributed by atoms with van der Waals surface area (Å²) in [6, 6.07) is 0. The molecule has 2 heteroatoms. The van der Waals surface area contributed by atoms with E-state index >= 15 is 0 Å². The summed E-state index contributed by atoms with van der Waals surface area (Å²) in [7, 11) is 0. The average molecular weight is 216 g/mol. The van der Waals surface area contributed by atoms with Crippen LogP contribution in [0.5, 0.6) is 0 Å². The Balaban J connectivity index is 2.83. The highest BCUT2D eigenvalue weighted by Gasteiger charge is 1.96. The molecular weight excluding hydrogens is 206 g/mol. The lowest BCUT2D eigenvalue weighted by atomic mass is 10.3. The van der Waals surface area contributed by atoms with E-state index in [0.717, 1.165) is 12.8 Å². The van der Waals surface area contributed by atoms with Gasteiger partial charge in [0.2, 0.25) is 0 Å². The Labute approximate surface area is 57.6 Å². The van der Waals surface area contributed by atoms with Crippen molar-refractivity contribution >= 4 is 22.6 Å². The molecule has 0 saturated heterocycles. The van der Waals surface area contributed by atoms with Crippen molar-refractivity contribution in [2.24, 2.45) is 0 Å². The maximum Gasteiger partial charge on any atom is 0.0904 e. The molecule has 0 aliphatic heterocycles. The second-order valence-corrected chi connectivity index (χ2v) is 3.24. The Morgan fingerprint density at radius 2 is 2.29 bits per heavy atom. The third kappa shape index (κ3) is 4.51. The molecule has 0 bridgehead atoms. The minimum atomic E-state index is -0.165. The molecule has 1 atom stereocenters. The van der Waals surface area contributed by atoms with Crippen LogP contribution in [0.2, 0.25) is 0 Å². The third-order valence-corrected chi connectivity index (χ3v) is 2.37. The quantitative estimate of drug-likeness (QED) is 0.502. The van der Waals surface area contributed by atoms with Gasteiger partial charge in [0.25, 0.3) is 0 Å². The molecule has 44 valence electrons. The van der Waals surface area contributed by atoms with Crippen LogP contribution < -0.4 is 0 Å². The summed E-state index contributed by atoms with van der Waals surface area (Å²) in [6.45, 7) is 1.91. The monoisotopic (exact) mass is 216 g/mol. The van der Waals surface area contributed by atoms with Gasteiger partial charge in [0.1, 0.15) is 0 Å². The highest BCUT2D eigenvalue weighted by molar-refractivity contribution is 14.1. The molecule has 0 nitrogen and oxygen atoms in total. The topological polar surface area (TPSA) is 0 Å². The summed E-state index contributed by atoms with van der Waals surface area (Å²) >= 11 is 2.27. The molecule has 0 aromatic carbocycles. The van der Waals surface area contributed by atoms with E-state index in [1.54, 1.807) is 0 Å². The molecule has 0 radical (unpaired) electrons. The summed E-state index contributed by atoms with van der Waals surface area (Å²) < 4.78 is 12.0. The van der Waals surface area contributed by atoms with Crippen LogP contribution >= 0.6 is 22.6 Å². The number of rotatable bonds is 3. The lowest BCUT2D eigenvalue weighted by Crippen LogP contribution is -1.94. The van der Waals surface area contributed by atoms with Crippen LogP contribution in [0.15, 0.2) is 0 Å². The van der Waals surface area contributed by atoms with E-state index in [4.69, 9.17) is 0 Å². The van der Waals surface area contributed by atoms with Crippen molar-refractivity contribution in [3.63, 3.8) is 0 Å². The van der Waals surface area contributed by atoms with E-state index < -0.39 is 0 Å². The zero-order valence-corrected chi connectivity index (χ0v) is 6.61. The lowest BCUT2D eigenvalue weighted by molar-refractivity contribution is 0.469. The van der Waals surface area contributed by atoms with Gasteiger partial charge in [-0.25, -0.2) is 0 Å². The number of hydrogen-bond donors (Lipinski definition) is 0. The maximum atomic E-state index is 11.4. The van der Waals surface area contributed by atoms with Crippen LogP contribution in [-0.4, -0.2) is 10.6 Å². The summed E-state index contributed by atoms with van der Waals surface area (Å²) in [5.74, 6) is 0. The van der Waals surface area contributed by atoms with Gasteiger partial charge in [-0.3, -0.25) is 4.39 Å². The normalized spacial score (nSPS) is 14.1. The molecule has 7 heavy (non-hydrogen) atoms. The van der Waals surface area contributed by atoms with Crippen LogP contribution in [0.25, 0.3) is 0 Å². The van der Waals surface area contributed by atoms with Gasteiger partial charge in [-0.2, -0.15) is 0 Å². The Hall–Kier alpha value is 0.660. The van der Waals surface area contributed by atoms with Crippen LogP contribution in [0.1, 0.15) is 19.8 Å². The smallest absolute Gasteiger partial charge is 0.0904 e. The SMILES string of the molecule is CCC(I)CCF. The molecule has 0 aromatic rings. The molecule has 0 saturated carbocycles. The number of halogens is 2. The van der Waals surface area contributed by atoms with Crippen LogP contribution in [0, 0.1) is 0 Å². The summed E-state index contributed by atoms with van der Waals surface area (Å²) in [6.07, 6.45) is 1.81. The van der Waals surface area contributed by atoms with Crippen molar-refractivity contribution in [3.8, 4) is 0 Å². The van der Waals surface area contributed by atoms with E-state index in [9.17, 15) is 4.39 Å². The molecular formula is C5H10FI. The summed E-state index contributed by atoms with van der Waals surface area (Å²) in [5, 5.41) is 0. The van der Waals surface area contributed by atoms with Gasteiger partial charge in [-0.15, -0.1) is 0 Å². The first kappa shape index (κ1) is 7.66. The van der Waals surface area contributed by atoms with E-state index in [2.05, 4.69) is 29.5 Å². The Morgan fingerprint density at radius 1 is 1.71 bits per heavy atom. The van der Waals surface area contributed by atoms with Crippen molar-refractivity contribution in [2.45, 2.75) is 23.7 Å². The van der Waals surface area contributed by atoms with E-state index in [-0.39, 0.29) is 6.67 Å². The average Bonchev–Trinajstić information content (AvgIpc) is 1.68. The highest BCUT2D eigenvalue weighted by Crippen LogP contribution is 2.08. The Morgan fingerprint density at radius 3 is 2.43 bits per heavy atom. The zero-order chi connectivity index (χ0) is 5.70. The van der Waals surface area contributed by atoms with Crippen LogP contribution in [0.4, 0.5) is 4.39 Å². The van der Waals surface area contributed by atoms with E-state index in [1.165, 1.54) is 0 Å². The van der Waals surface area contributed by atoms with Crippen LogP contribution in [-0.2, 0) is 0 Å². The Kier molecular flexibility index (Phi) is 5.26. The van der Waals surface area contributed by atoms with E-state index in [1.807, 2.05) is 0 Å². The van der Waals surface area contributed by atoms with Gasteiger partial charge in [-0.1, -0.05) is 29.5 Å². The van der Waals surface area contributed by atoms with Gasteiger partial charge >= 0.3 is 0 Å². The fourth-order valence-corrected chi connectivity index (χ4v) is 0.558. The largest absolute Gasteiger partial charge is 0.251 e. The highest BCUT2D eigenvalue weighted by atomic mass is 127. The molecule has 0 aliphatic carbocycles. The third-order valence-electron chi connectivity index (χ3n) is 0.865. The summed E-state index contributed by atoms with van der Waals surface area (Å²) in [5.41, 5.74) is 0. The Bertz CT molecular complexity index is 39.1. The fraction of sp³-hybridized carbons (Fsp3) is 1.00. The second-order valence-electron chi connectivity index (χ2n) is 1.48. The molecule has 0 rings (SSSR count). The van der Waals surface area contributed by atoms with Crippen molar-refractivity contribution in [1.82, 2.24) is 0 Å². The minimum absolute atomic E-state index is 0.165. The molecule has 0 heterocycles. The minimum Gasteiger partial charge on any atom is -0.251 e. The fourth-order valence-electron chi connectivity index (χ4n) is 0.323. The second kappa shape index (κ2) is 4.81. The van der Waals surface area contributed by atoms with Gasteiger partial charge in [0, 0.05) is 3.92 Å². The molecule has 0 spiro atoms. The maximum absolute atomic E-state index is 11.4. The molecule has 1 unspecified atom stereocenters. The van der Waals surface area contributed by atoms with Crippen LogP contribution in [0.3, 0.4) is 0 Å². The zero-order valence-electron chi connectivity index (χ0n) is 4.45. The van der Waals surface area contributed by atoms with Crippen molar-refractivity contribution in [2.75, 3.05) is 6.67 Å². The predicted molar refractivity (Wildman–Crippen MR) is 38.7 cm³/mol. The van der Waals surface area contributed by atoms with Gasteiger partial charge < -0.3 is 0 Å². The summed E-state index contributed by atoms with van der Waals surface area (Å²) in [4.78, 5) is 0. The number of alkyl halides is 2. The van der Waals surface area contributed by atoms with Gasteiger partial charge in [-0.05, 0) is 12.8 Å². The lowest BCUT2D eigenvalue weighted by Gasteiger charge is -1.98. The van der Waals surface area contributed by atoms with Crippen molar-refractivity contribution < 1.29 is 4.39 Å². The first-order chi connectivity index (χ1) is 3.31. The first-order valence-electron chi connectivity index (χ1n) is 2.51. The van der Waals surface area contributed by atoms with Crippen molar-refractivity contribution in [3.05, 3.63) is 0 Å². The first-order valence-corrected chi connectivity index (χ1v) is 3.75. The molecule has 0 fully saturated rings. The van der Waals surface area contributed by atoms with Gasteiger partial charge in [0.15, 0.2) is 0 Å². The molecule has 0 aromatic heterocycles. The molecule has 0 amide bonds. The number of hydrogen-bond acceptors (Lipinski definition) is 0. The predicted octanol–water partition coefficient (Wildman–Crippen LogP) is 2.56. The van der Waals surface area contributed by atoms with Crippen molar-refractivity contribution in [1.29, 1.82) is 0 Å².